The third-order valence-electron chi connectivity index (χ3n) is 2.74. The van der Waals surface area contributed by atoms with Crippen LogP contribution in [0.25, 0.3) is 0 Å². The van der Waals surface area contributed by atoms with Gasteiger partial charge < -0.3 is 14.9 Å². The molecule has 1 aliphatic heterocycles. The van der Waals surface area contributed by atoms with Gasteiger partial charge in [0.2, 0.25) is 0 Å². The van der Waals surface area contributed by atoms with Gasteiger partial charge in [-0.3, -0.25) is 14.3 Å². The number of H-pyrrole nitrogens is 1. The largest absolute Gasteiger partial charge is 0.394 e. The predicted molar refractivity (Wildman–Crippen MR) is 57.7 cm³/mol. The molecular weight excluding hydrogens is 228 g/mol. The highest BCUT2D eigenvalue weighted by atomic mass is 16.5. The summed E-state index contributed by atoms with van der Waals surface area (Å²) in [4.78, 5) is 24.9. The first-order valence-electron chi connectivity index (χ1n) is 5.74. The van der Waals surface area contributed by atoms with Gasteiger partial charge >= 0.3 is 5.69 Å². The molecule has 0 bridgehead atoms. The van der Waals surface area contributed by atoms with Crippen molar-refractivity contribution in [3.05, 3.63) is 32.6 Å². The molecule has 94 valence electrons. The Balaban J connectivity index is 2.32. The number of aromatic amines is 1. The van der Waals surface area contributed by atoms with Crippen LogP contribution in [0.3, 0.4) is 0 Å². The zero-order chi connectivity index (χ0) is 13.4. The molecule has 4 atom stereocenters. The van der Waals surface area contributed by atoms with Crippen molar-refractivity contribution in [2.24, 2.45) is 0 Å². The van der Waals surface area contributed by atoms with Gasteiger partial charge in [-0.25, -0.2) is 4.79 Å². The van der Waals surface area contributed by atoms with Crippen LogP contribution in [0, 0.1) is 6.92 Å². The third-order valence-corrected chi connectivity index (χ3v) is 2.74. The van der Waals surface area contributed by atoms with E-state index in [0.717, 1.165) is 4.57 Å². The molecule has 1 aromatic rings. The number of aliphatic hydroxyl groups excluding tert-OH is 2. The number of hydrogen-bond donors (Lipinski definition) is 3. The van der Waals surface area contributed by atoms with Gasteiger partial charge in [0.05, 0.1) is 14.1 Å². The molecule has 0 spiro atoms. The SMILES string of the molecule is [2H]C(O)[C@H]1O[C@@H](n2cc(C)c(=O)[nH]c2=O)C[C@@H]1O. The topological polar surface area (TPSA) is 105 Å². The lowest BCUT2D eigenvalue weighted by molar-refractivity contribution is -0.0459. The molecule has 3 N–H and O–H groups in total. The summed E-state index contributed by atoms with van der Waals surface area (Å²) in [6.45, 7) is -0.0404. The molecule has 1 unspecified atom stereocenters. The van der Waals surface area contributed by atoms with Gasteiger partial charge in [-0.15, -0.1) is 0 Å². The Morgan fingerprint density at radius 3 is 3.00 bits per heavy atom. The van der Waals surface area contributed by atoms with Gasteiger partial charge in [-0.05, 0) is 6.92 Å². The number of aryl methyl sites for hydroxylation is 1. The van der Waals surface area contributed by atoms with Crippen molar-refractivity contribution in [1.29, 1.82) is 0 Å². The monoisotopic (exact) mass is 243 g/mol. The van der Waals surface area contributed by atoms with Crippen molar-refractivity contribution >= 4 is 0 Å². The van der Waals surface area contributed by atoms with Crippen LogP contribution < -0.4 is 11.2 Å². The maximum Gasteiger partial charge on any atom is 0.330 e. The lowest BCUT2D eigenvalue weighted by atomic mass is 10.2. The first-order chi connectivity index (χ1) is 8.40. The first kappa shape index (κ1) is 10.7. The number of ether oxygens (including phenoxy) is 1. The summed E-state index contributed by atoms with van der Waals surface area (Å²) in [6, 6.07) is 0. The number of rotatable bonds is 2. The van der Waals surface area contributed by atoms with Gasteiger partial charge in [0.15, 0.2) is 0 Å². The smallest absolute Gasteiger partial charge is 0.330 e. The number of aliphatic hydroxyl groups is 2. The van der Waals surface area contributed by atoms with Gasteiger partial charge in [0.25, 0.3) is 5.56 Å². The molecule has 1 fully saturated rings. The number of nitrogens with one attached hydrogen (secondary N) is 1. The zero-order valence-corrected chi connectivity index (χ0v) is 9.16. The lowest BCUT2D eigenvalue weighted by Crippen LogP contribution is -2.33. The fraction of sp³-hybridized carbons (Fsp3) is 0.600. The van der Waals surface area contributed by atoms with E-state index in [2.05, 4.69) is 4.98 Å². The Morgan fingerprint density at radius 1 is 1.71 bits per heavy atom. The molecule has 0 aromatic carbocycles. The van der Waals surface area contributed by atoms with Crippen LogP contribution in [0.15, 0.2) is 15.8 Å². The van der Waals surface area contributed by atoms with E-state index in [9.17, 15) is 14.7 Å². The Bertz CT molecular complexity index is 552. The van der Waals surface area contributed by atoms with Crippen LogP contribution in [0.5, 0.6) is 0 Å². The minimum atomic E-state index is -1.58. The summed E-state index contributed by atoms with van der Waals surface area (Å²) in [6.07, 6.45) is -1.48. The maximum absolute atomic E-state index is 11.6. The van der Waals surface area contributed by atoms with E-state index in [1.54, 1.807) is 0 Å². The Morgan fingerprint density at radius 2 is 2.41 bits per heavy atom. The molecular formula is C10H14N2O5. The highest BCUT2D eigenvalue weighted by Crippen LogP contribution is 2.27. The molecule has 0 saturated carbocycles. The molecule has 0 amide bonds. The highest BCUT2D eigenvalue weighted by molar-refractivity contribution is 5.02. The van der Waals surface area contributed by atoms with E-state index < -0.39 is 36.3 Å². The van der Waals surface area contributed by atoms with Crippen molar-refractivity contribution in [1.82, 2.24) is 9.55 Å². The van der Waals surface area contributed by atoms with E-state index in [1.807, 2.05) is 0 Å². The molecule has 0 radical (unpaired) electrons. The normalized spacial score (nSPS) is 31.2. The average molecular weight is 243 g/mol. The summed E-state index contributed by atoms with van der Waals surface area (Å²) >= 11 is 0. The van der Waals surface area contributed by atoms with Gasteiger partial charge in [0, 0.05) is 18.2 Å². The molecule has 17 heavy (non-hydrogen) atoms. The molecule has 2 heterocycles. The van der Waals surface area contributed by atoms with Crippen molar-refractivity contribution in [3.8, 4) is 0 Å². The maximum atomic E-state index is 11.6. The zero-order valence-electron chi connectivity index (χ0n) is 10.2. The molecule has 0 aliphatic carbocycles. The molecule has 1 saturated heterocycles. The second-order valence-corrected chi connectivity index (χ2v) is 3.99. The van der Waals surface area contributed by atoms with E-state index in [1.165, 1.54) is 13.1 Å². The molecule has 2 rings (SSSR count). The second kappa shape index (κ2) is 4.44. The Labute approximate surface area is 97.7 Å². The minimum absolute atomic E-state index is 0.0754. The predicted octanol–water partition coefficient (Wildman–Crippen LogP) is -1.51. The van der Waals surface area contributed by atoms with Crippen LogP contribution >= 0.6 is 0 Å². The Hall–Kier alpha value is -1.44. The highest BCUT2D eigenvalue weighted by Gasteiger charge is 2.34. The van der Waals surface area contributed by atoms with E-state index >= 15 is 0 Å². The fourth-order valence-corrected chi connectivity index (χ4v) is 1.78. The second-order valence-electron chi connectivity index (χ2n) is 3.99. The fourth-order valence-electron chi connectivity index (χ4n) is 1.78. The van der Waals surface area contributed by atoms with E-state index in [0.29, 0.717) is 5.56 Å². The van der Waals surface area contributed by atoms with Crippen LogP contribution in [0.1, 0.15) is 19.6 Å². The van der Waals surface area contributed by atoms with Crippen LogP contribution in [-0.4, -0.2) is 38.6 Å². The summed E-state index contributed by atoms with van der Waals surface area (Å²) in [5, 5.41) is 18.7. The molecule has 1 aromatic heterocycles. The summed E-state index contributed by atoms with van der Waals surface area (Å²) in [5.41, 5.74) is -0.794. The number of nitrogens with zero attached hydrogens (tertiary/aromatic N) is 1. The molecule has 7 heteroatoms. The quantitative estimate of drug-likeness (QED) is 0.585. The van der Waals surface area contributed by atoms with Crippen molar-refractivity contribution < 1.29 is 16.3 Å². The van der Waals surface area contributed by atoms with Crippen LogP contribution in [-0.2, 0) is 4.74 Å². The van der Waals surface area contributed by atoms with Crippen molar-refractivity contribution in [2.75, 3.05) is 6.58 Å². The third kappa shape index (κ3) is 2.17. The van der Waals surface area contributed by atoms with Crippen LogP contribution in [0.2, 0.25) is 0 Å². The van der Waals surface area contributed by atoms with Crippen molar-refractivity contribution in [2.45, 2.75) is 31.8 Å². The van der Waals surface area contributed by atoms with Gasteiger partial charge in [-0.1, -0.05) is 0 Å². The lowest BCUT2D eigenvalue weighted by Gasteiger charge is -2.14. The molecule has 7 nitrogen and oxygen atoms in total. The Kier molecular flexibility index (Phi) is 2.79. The average Bonchev–Trinajstić information content (AvgIpc) is 2.65. The van der Waals surface area contributed by atoms with Gasteiger partial charge in [0.1, 0.15) is 12.3 Å². The molecule has 1 aliphatic rings. The summed E-state index contributed by atoms with van der Waals surface area (Å²) < 4.78 is 13.5. The standard InChI is InChI=1S/C10H14N2O5/c1-5-3-12(10(16)11-9(5)15)8-2-6(14)7(4-13)17-8/h3,6-8,13-14H,2,4H2,1H3,(H,11,15,16)/t6-,7+,8+/m0/s1/i4D/t4?,6-,7+,8+. The van der Waals surface area contributed by atoms with E-state index in [-0.39, 0.29) is 6.42 Å². The number of aromatic nitrogens is 2. The first-order valence-corrected chi connectivity index (χ1v) is 5.16. The minimum Gasteiger partial charge on any atom is -0.394 e. The van der Waals surface area contributed by atoms with Crippen LogP contribution in [0.4, 0.5) is 0 Å². The van der Waals surface area contributed by atoms with Crippen molar-refractivity contribution in [3.63, 3.8) is 0 Å². The summed E-state index contributed by atoms with van der Waals surface area (Å²) in [5.74, 6) is 0. The van der Waals surface area contributed by atoms with E-state index in [4.69, 9.17) is 11.2 Å². The number of hydrogen-bond acceptors (Lipinski definition) is 5. The summed E-state index contributed by atoms with van der Waals surface area (Å²) in [7, 11) is 0. The van der Waals surface area contributed by atoms with Gasteiger partial charge in [-0.2, -0.15) is 0 Å².